The third-order valence-electron chi connectivity index (χ3n) is 1.99. The maximum Gasteiger partial charge on any atom is 0.488 e. The van der Waals surface area contributed by atoms with Gasteiger partial charge in [-0.3, -0.25) is 0 Å². The topological polar surface area (TPSA) is 49.7 Å². The van der Waals surface area contributed by atoms with E-state index >= 15 is 0 Å². The lowest BCUT2D eigenvalue weighted by Crippen LogP contribution is -2.14. The fourth-order valence-corrected chi connectivity index (χ4v) is 1.27. The van der Waals surface area contributed by atoms with Crippen LogP contribution in [0.5, 0.6) is 5.75 Å². The van der Waals surface area contributed by atoms with Crippen LogP contribution in [0.15, 0.2) is 30.3 Å². The minimum Gasteiger partial charge on any atom is -0.497 e. The highest BCUT2D eigenvalue weighted by molar-refractivity contribution is 6.65. The molecular weight excluding hydrogens is 179 g/mol. The number of methoxy groups -OCH3 is 1. The van der Waals surface area contributed by atoms with E-state index in [-0.39, 0.29) is 0 Å². The van der Waals surface area contributed by atoms with Crippen molar-refractivity contribution in [2.45, 2.75) is 6.92 Å². The molecule has 74 valence electrons. The molecule has 0 saturated heterocycles. The number of hydrogen-bond acceptors (Lipinski definition) is 3. The van der Waals surface area contributed by atoms with Gasteiger partial charge in [0.15, 0.2) is 0 Å². The molecule has 1 aromatic carbocycles. The molecule has 0 bridgehead atoms. The fourth-order valence-electron chi connectivity index (χ4n) is 1.27. The van der Waals surface area contributed by atoms with Gasteiger partial charge in [-0.05, 0) is 30.1 Å². The van der Waals surface area contributed by atoms with Gasteiger partial charge in [-0.1, -0.05) is 18.2 Å². The summed E-state index contributed by atoms with van der Waals surface area (Å²) in [6, 6.07) is 7.17. The molecule has 4 heteroatoms. The zero-order valence-corrected chi connectivity index (χ0v) is 8.27. The van der Waals surface area contributed by atoms with Gasteiger partial charge >= 0.3 is 7.12 Å². The van der Waals surface area contributed by atoms with Crippen molar-refractivity contribution in [3.05, 3.63) is 35.9 Å². The van der Waals surface area contributed by atoms with E-state index in [9.17, 15) is 0 Å². The van der Waals surface area contributed by atoms with Crippen molar-refractivity contribution in [1.82, 2.24) is 0 Å². The first kappa shape index (κ1) is 10.8. The molecule has 0 aliphatic carbocycles. The van der Waals surface area contributed by atoms with Crippen LogP contribution in [0.1, 0.15) is 12.5 Å². The Morgan fingerprint density at radius 1 is 1.43 bits per heavy atom. The van der Waals surface area contributed by atoms with Gasteiger partial charge in [0, 0.05) is 0 Å². The molecule has 0 aliphatic rings. The van der Waals surface area contributed by atoms with Crippen LogP contribution in [-0.2, 0) is 0 Å². The summed E-state index contributed by atoms with van der Waals surface area (Å²) in [6.07, 6.45) is 1.67. The lowest BCUT2D eigenvalue weighted by Gasteiger charge is -2.07. The monoisotopic (exact) mass is 192 g/mol. The molecule has 0 saturated carbocycles. The van der Waals surface area contributed by atoms with E-state index in [1.807, 2.05) is 0 Å². The van der Waals surface area contributed by atoms with Crippen molar-refractivity contribution in [3.63, 3.8) is 0 Å². The largest absolute Gasteiger partial charge is 0.497 e. The van der Waals surface area contributed by atoms with E-state index in [1.54, 1.807) is 44.4 Å². The molecule has 0 spiro atoms. The second-order valence-corrected chi connectivity index (χ2v) is 2.85. The number of benzene rings is 1. The summed E-state index contributed by atoms with van der Waals surface area (Å²) in [7, 11) is 0.121. The van der Waals surface area contributed by atoms with E-state index < -0.39 is 7.12 Å². The molecule has 0 amide bonds. The Hall–Kier alpha value is -1.26. The second kappa shape index (κ2) is 4.84. The van der Waals surface area contributed by atoms with Gasteiger partial charge in [-0.2, -0.15) is 0 Å². The standard InChI is InChI=1S/C10H13BO3/c1-3-10(11(12)13)8-5-4-6-9(7-8)14-2/h3-7,12-13H,1-2H3/b10-3+. The van der Waals surface area contributed by atoms with Crippen molar-refractivity contribution < 1.29 is 14.8 Å². The molecule has 0 fully saturated rings. The zero-order valence-electron chi connectivity index (χ0n) is 8.27. The lowest BCUT2D eigenvalue weighted by atomic mass is 9.75. The van der Waals surface area contributed by atoms with Crippen molar-refractivity contribution >= 4 is 12.6 Å². The number of rotatable bonds is 3. The Balaban J connectivity index is 3.05. The number of hydrogen-bond donors (Lipinski definition) is 2. The Morgan fingerprint density at radius 3 is 2.64 bits per heavy atom. The molecule has 0 atom stereocenters. The summed E-state index contributed by atoms with van der Waals surface area (Å²) in [5.41, 5.74) is 1.23. The average Bonchev–Trinajstić information content (AvgIpc) is 2.19. The van der Waals surface area contributed by atoms with E-state index in [0.29, 0.717) is 11.2 Å². The third-order valence-corrected chi connectivity index (χ3v) is 1.99. The quantitative estimate of drug-likeness (QED) is 0.705. The first-order chi connectivity index (χ1) is 6.69. The fraction of sp³-hybridized carbons (Fsp3) is 0.200. The van der Waals surface area contributed by atoms with Gasteiger partial charge in [-0.15, -0.1) is 0 Å². The lowest BCUT2D eigenvalue weighted by molar-refractivity contribution is 0.414. The minimum absolute atomic E-state index is 0.476. The van der Waals surface area contributed by atoms with Crippen LogP contribution in [0, 0.1) is 0 Å². The molecular formula is C10H13BO3. The normalized spacial score (nSPS) is 11.3. The third kappa shape index (κ3) is 2.37. The van der Waals surface area contributed by atoms with Crippen LogP contribution in [0.3, 0.4) is 0 Å². The van der Waals surface area contributed by atoms with E-state index in [4.69, 9.17) is 14.8 Å². The molecule has 0 unspecified atom stereocenters. The summed E-state index contributed by atoms with van der Waals surface area (Å²) in [5, 5.41) is 18.2. The van der Waals surface area contributed by atoms with Crippen LogP contribution in [-0.4, -0.2) is 24.3 Å². The Labute approximate surface area is 83.8 Å². The van der Waals surface area contributed by atoms with Crippen LogP contribution in [0.25, 0.3) is 5.47 Å². The maximum absolute atomic E-state index is 9.08. The second-order valence-electron chi connectivity index (χ2n) is 2.85. The first-order valence-electron chi connectivity index (χ1n) is 4.35. The van der Waals surface area contributed by atoms with Gasteiger partial charge in [0.2, 0.25) is 0 Å². The van der Waals surface area contributed by atoms with Gasteiger partial charge in [0.25, 0.3) is 0 Å². The van der Waals surface area contributed by atoms with Crippen LogP contribution in [0.2, 0.25) is 0 Å². The van der Waals surface area contributed by atoms with Crippen molar-refractivity contribution in [2.75, 3.05) is 7.11 Å². The predicted molar refractivity (Wildman–Crippen MR) is 56.8 cm³/mol. The number of allylic oxidation sites excluding steroid dienone is 1. The van der Waals surface area contributed by atoms with Crippen molar-refractivity contribution in [2.24, 2.45) is 0 Å². The molecule has 3 nitrogen and oxygen atoms in total. The first-order valence-corrected chi connectivity index (χ1v) is 4.35. The smallest absolute Gasteiger partial charge is 0.488 e. The molecule has 0 heterocycles. The SMILES string of the molecule is C/C=C(/B(O)O)c1cccc(OC)c1. The van der Waals surface area contributed by atoms with Crippen LogP contribution in [0.4, 0.5) is 0 Å². The van der Waals surface area contributed by atoms with Gasteiger partial charge in [-0.25, -0.2) is 0 Å². The number of ether oxygens (including phenoxy) is 1. The van der Waals surface area contributed by atoms with Crippen LogP contribution >= 0.6 is 0 Å². The molecule has 1 aromatic rings. The predicted octanol–water partition coefficient (Wildman–Crippen LogP) is 1.11. The Morgan fingerprint density at radius 2 is 2.14 bits per heavy atom. The van der Waals surface area contributed by atoms with E-state index in [1.165, 1.54) is 0 Å². The Bertz CT molecular complexity index is 334. The highest BCUT2D eigenvalue weighted by Crippen LogP contribution is 2.20. The summed E-state index contributed by atoms with van der Waals surface area (Å²) < 4.78 is 5.04. The Kier molecular flexibility index (Phi) is 3.74. The van der Waals surface area contributed by atoms with Crippen LogP contribution < -0.4 is 4.74 Å². The molecule has 2 N–H and O–H groups in total. The minimum atomic E-state index is -1.45. The summed E-state index contributed by atoms with van der Waals surface area (Å²) >= 11 is 0. The molecule has 1 rings (SSSR count). The van der Waals surface area contributed by atoms with Gasteiger partial charge in [0.1, 0.15) is 5.75 Å². The summed E-state index contributed by atoms with van der Waals surface area (Å²) in [6.45, 7) is 1.76. The van der Waals surface area contributed by atoms with E-state index in [2.05, 4.69) is 0 Å². The van der Waals surface area contributed by atoms with Crippen molar-refractivity contribution in [1.29, 1.82) is 0 Å². The summed E-state index contributed by atoms with van der Waals surface area (Å²) in [4.78, 5) is 0. The van der Waals surface area contributed by atoms with Crippen molar-refractivity contribution in [3.8, 4) is 5.75 Å². The maximum atomic E-state index is 9.08. The molecule has 0 aromatic heterocycles. The highest BCUT2D eigenvalue weighted by Gasteiger charge is 2.15. The molecule has 14 heavy (non-hydrogen) atoms. The average molecular weight is 192 g/mol. The zero-order chi connectivity index (χ0) is 10.6. The molecule has 0 radical (unpaired) electrons. The molecule has 0 aliphatic heterocycles. The summed E-state index contributed by atoms with van der Waals surface area (Å²) in [5.74, 6) is 0.697. The van der Waals surface area contributed by atoms with Gasteiger partial charge < -0.3 is 14.8 Å². The highest BCUT2D eigenvalue weighted by atomic mass is 16.5. The van der Waals surface area contributed by atoms with Gasteiger partial charge in [0.05, 0.1) is 7.11 Å². The van der Waals surface area contributed by atoms with E-state index in [0.717, 1.165) is 5.56 Å².